The highest BCUT2D eigenvalue weighted by atomic mass is 16.3. The van der Waals surface area contributed by atoms with Gasteiger partial charge in [0, 0.05) is 44.3 Å². The van der Waals surface area contributed by atoms with Crippen LogP contribution in [0.1, 0.15) is 0 Å². The third kappa shape index (κ3) is 4.96. The van der Waals surface area contributed by atoms with Crippen LogP contribution in [-0.2, 0) is 0 Å². The third-order valence-electron chi connectivity index (χ3n) is 9.71. The molecule has 0 saturated carbocycles. The lowest BCUT2D eigenvalue weighted by Crippen LogP contribution is -2.09. The van der Waals surface area contributed by atoms with Gasteiger partial charge in [0.15, 0.2) is 5.58 Å². The van der Waals surface area contributed by atoms with Gasteiger partial charge in [-0.1, -0.05) is 127 Å². The zero-order valence-electron chi connectivity index (χ0n) is 27.5. The number of aromatic nitrogens is 1. The molecule has 8 aromatic carbocycles. The molecule has 0 unspecified atom stereocenters. The number of hydrogen-bond acceptors (Lipinski definition) is 4. The maximum absolute atomic E-state index is 6.77. The highest BCUT2D eigenvalue weighted by molar-refractivity contribution is 6.20. The van der Waals surface area contributed by atoms with Gasteiger partial charge in [0.2, 0.25) is 5.89 Å². The maximum atomic E-state index is 6.77. The van der Waals surface area contributed by atoms with Crippen LogP contribution in [-0.4, -0.2) is 4.98 Å². The Morgan fingerprint density at radius 3 is 1.63 bits per heavy atom. The first-order valence-corrected chi connectivity index (χ1v) is 17.1. The number of anilines is 3. The molecule has 0 aliphatic rings. The van der Waals surface area contributed by atoms with E-state index >= 15 is 0 Å². The molecule has 0 bridgehead atoms. The lowest BCUT2D eigenvalue weighted by atomic mass is 9.97. The van der Waals surface area contributed by atoms with Crippen molar-refractivity contribution in [1.82, 2.24) is 4.98 Å². The lowest BCUT2D eigenvalue weighted by Gasteiger charge is -2.25. The van der Waals surface area contributed by atoms with Crippen LogP contribution >= 0.6 is 0 Å². The van der Waals surface area contributed by atoms with Gasteiger partial charge in [0.05, 0.1) is 0 Å². The number of benzene rings is 8. The monoisotopic (exact) mass is 654 g/mol. The highest BCUT2D eigenvalue weighted by Crippen LogP contribution is 2.43. The average Bonchev–Trinajstić information content (AvgIpc) is 3.81. The predicted molar refractivity (Wildman–Crippen MR) is 210 cm³/mol. The van der Waals surface area contributed by atoms with Crippen LogP contribution in [0.15, 0.2) is 191 Å². The van der Waals surface area contributed by atoms with E-state index in [0.29, 0.717) is 5.89 Å². The molecule has 0 aliphatic heterocycles. The minimum Gasteiger partial charge on any atom is -0.455 e. The second-order valence-electron chi connectivity index (χ2n) is 12.7. The molecule has 0 atom stereocenters. The first-order chi connectivity index (χ1) is 25.3. The summed E-state index contributed by atoms with van der Waals surface area (Å²) in [6.07, 6.45) is 0. The zero-order chi connectivity index (χ0) is 33.7. The highest BCUT2D eigenvalue weighted by Gasteiger charge is 2.20. The first kappa shape index (κ1) is 29.0. The number of hydrogen-bond donors (Lipinski definition) is 0. The molecule has 0 amide bonds. The molecule has 51 heavy (non-hydrogen) atoms. The van der Waals surface area contributed by atoms with E-state index in [9.17, 15) is 0 Å². The summed E-state index contributed by atoms with van der Waals surface area (Å²) >= 11 is 0. The lowest BCUT2D eigenvalue weighted by molar-refractivity contribution is 0.620. The Morgan fingerprint density at radius 2 is 0.922 bits per heavy atom. The number of oxazole rings is 1. The Morgan fingerprint density at radius 1 is 0.373 bits per heavy atom. The number of nitrogens with zero attached hydrogens (tertiary/aromatic N) is 2. The Hall–Kier alpha value is -6.91. The SMILES string of the molecule is c1ccc(N(c2ccccc2)c2ccc(-c3ccc(-c4cccc5c4oc4c6ccccc6c(-c6nc7ccccc7o6)cc54)cc3)cc2)cc1. The molecule has 4 nitrogen and oxygen atoms in total. The van der Waals surface area contributed by atoms with Crippen LogP contribution in [0, 0.1) is 0 Å². The minimum absolute atomic E-state index is 0.608. The molecule has 0 spiro atoms. The zero-order valence-corrected chi connectivity index (χ0v) is 27.5. The van der Waals surface area contributed by atoms with Crippen LogP contribution in [0.3, 0.4) is 0 Å². The molecule has 0 N–H and O–H groups in total. The summed E-state index contributed by atoms with van der Waals surface area (Å²) in [5, 5.41) is 4.18. The Kier molecular flexibility index (Phi) is 6.78. The molecule has 0 saturated heterocycles. The van der Waals surface area contributed by atoms with Crippen LogP contribution in [0.25, 0.3) is 77.5 Å². The van der Waals surface area contributed by atoms with Crippen LogP contribution < -0.4 is 4.90 Å². The van der Waals surface area contributed by atoms with E-state index in [0.717, 1.165) is 88.7 Å². The smallest absolute Gasteiger partial charge is 0.227 e. The number of rotatable bonds is 6. The van der Waals surface area contributed by atoms with Gasteiger partial charge in [-0.25, -0.2) is 4.98 Å². The van der Waals surface area contributed by atoms with Gasteiger partial charge >= 0.3 is 0 Å². The second-order valence-corrected chi connectivity index (χ2v) is 12.7. The summed E-state index contributed by atoms with van der Waals surface area (Å²) in [6, 6.07) is 63.3. The molecule has 2 heterocycles. The van der Waals surface area contributed by atoms with Crippen molar-refractivity contribution in [2.75, 3.05) is 4.90 Å². The van der Waals surface area contributed by atoms with Crippen molar-refractivity contribution in [3.8, 4) is 33.7 Å². The summed E-state index contributed by atoms with van der Waals surface area (Å²) in [5.74, 6) is 0.608. The van der Waals surface area contributed by atoms with Crippen molar-refractivity contribution in [1.29, 1.82) is 0 Å². The van der Waals surface area contributed by atoms with Gasteiger partial charge in [0.25, 0.3) is 0 Å². The largest absolute Gasteiger partial charge is 0.455 e. The summed E-state index contributed by atoms with van der Waals surface area (Å²) in [4.78, 5) is 7.12. The van der Waals surface area contributed by atoms with Crippen LogP contribution in [0.2, 0.25) is 0 Å². The van der Waals surface area contributed by atoms with Gasteiger partial charge < -0.3 is 13.7 Å². The Labute approximate surface area is 294 Å². The molecule has 10 aromatic rings. The minimum atomic E-state index is 0.608. The summed E-state index contributed by atoms with van der Waals surface area (Å²) < 4.78 is 13.0. The first-order valence-electron chi connectivity index (χ1n) is 17.1. The molecule has 0 aliphatic carbocycles. The Balaban J connectivity index is 1.02. The summed E-state index contributed by atoms with van der Waals surface area (Å²) in [6.45, 7) is 0. The van der Waals surface area contributed by atoms with Gasteiger partial charge in [0.1, 0.15) is 16.7 Å². The number of furan rings is 1. The van der Waals surface area contributed by atoms with E-state index in [-0.39, 0.29) is 0 Å². The van der Waals surface area contributed by atoms with Crippen molar-refractivity contribution in [3.63, 3.8) is 0 Å². The third-order valence-corrected chi connectivity index (χ3v) is 9.71. The van der Waals surface area contributed by atoms with E-state index in [1.165, 1.54) is 0 Å². The molecular weight excluding hydrogens is 625 g/mol. The predicted octanol–water partition coefficient (Wildman–Crippen LogP) is 13.4. The fourth-order valence-electron chi connectivity index (χ4n) is 7.26. The number of fused-ring (bicyclic) bond motifs is 6. The van der Waals surface area contributed by atoms with Crippen molar-refractivity contribution >= 4 is 60.9 Å². The standard InChI is InChI=1S/C47H30N2O2/c1-3-12-34(13-4-1)49(35-14-5-2-6-15-35)36-28-26-32(27-29-36)31-22-24-33(25-23-31)37-18-11-19-40-41-30-42(47-48-43-20-9-10-21-44(43)50-47)38-16-7-8-17-39(38)46(41)51-45(37)40/h1-30H. The van der Waals surface area contributed by atoms with E-state index in [1.807, 2.05) is 42.5 Å². The molecule has 0 fully saturated rings. The molecule has 240 valence electrons. The average molecular weight is 655 g/mol. The molecule has 4 heteroatoms. The molecule has 10 rings (SSSR count). The Bertz CT molecular complexity index is 2760. The molecule has 2 aromatic heterocycles. The maximum Gasteiger partial charge on any atom is 0.227 e. The number of para-hydroxylation sites is 5. The fraction of sp³-hybridized carbons (Fsp3) is 0. The van der Waals surface area contributed by atoms with Gasteiger partial charge in [-0.3, -0.25) is 0 Å². The second kappa shape index (κ2) is 11.9. The quantitative estimate of drug-likeness (QED) is 0.179. The van der Waals surface area contributed by atoms with E-state index in [4.69, 9.17) is 13.8 Å². The van der Waals surface area contributed by atoms with Crippen molar-refractivity contribution in [2.45, 2.75) is 0 Å². The fourth-order valence-corrected chi connectivity index (χ4v) is 7.26. The van der Waals surface area contributed by atoms with Gasteiger partial charge in [-0.15, -0.1) is 0 Å². The normalized spacial score (nSPS) is 11.5. The van der Waals surface area contributed by atoms with Crippen LogP contribution in [0.5, 0.6) is 0 Å². The van der Waals surface area contributed by atoms with E-state index in [1.54, 1.807) is 0 Å². The van der Waals surface area contributed by atoms with Crippen molar-refractivity contribution < 1.29 is 8.83 Å². The van der Waals surface area contributed by atoms with Gasteiger partial charge in [-0.05, 0) is 76.7 Å². The molecular formula is C47H30N2O2. The topological polar surface area (TPSA) is 42.4 Å². The summed E-state index contributed by atoms with van der Waals surface area (Å²) in [7, 11) is 0. The van der Waals surface area contributed by atoms with Crippen molar-refractivity contribution in [2.24, 2.45) is 0 Å². The van der Waals surface area contributed by atoms with E-state index < -0.39 is 0 Å². The van der Waals surface area contributed by atoms with Gasteiger partial charge in [-0.2, -0.15) is 0 Å². The van der Waals surface area contributed by atoms with Crippen molar-refractivity contribution in [3.05, 3.63) is 182 Å². The van der Waals surface area contributed by atoms with Crippen LogP contribution in [0.4, 0.5) is 17.1 Å². The summed E-state index contributed by atoms with van der Waals surface area (Å²) in [5.41, 5.74) is 12.1. The van der Waals surface area contributed by atoms with E-state index in [2.05, 4.69) is 144 Å². The molecule has 0 radical (unpaired) electrons.